The number of nitrogens with zero attached hydrogens (tertiary/aromatic N) is 3. The number of rotatable bonds is 8. The fraction of sp³-hybridized carbons (Fsp3) is 0.0769. The van der Waals surface area contributed by atoms with Gasteiger partial charge in [0, 0.05) is 23.4 Å². The van der Waals surface area contributed by atoms with Crippen LogP contribution in [0.4, 0.5) is 11.4 Å². The van der Waals surface area contributed by atoms with Crippen LogP contribution in [0.3, 0.4) is 0 Å². The number of hydrogen-bond acceptors (Lipinski definition) is 9. The SMILES string of the molecule is COc1cccc([C@@H]2C(C(=O)Nc3ccccc3)=C(C)N=c3s/c(=C\c4c(OC(=O)c5ccc([N+](=O)[O-])cc5)ccc5ccccc45)c(=O)n32)c1. The van der Waals surface area contributed by atoms with E-state index in [1.165, 1.54) is 28.8 Å². The average Bonchev–Trinajstić information content (AvgIpc) is 3.45. The van der Waals surface area contributed by atoms with Crippen molar-refractivity contribution < 1.29 is 24.0 Å². The van der Waals surface area contributed by atoms with Gasteiger partial charge in [-0.15, -0.1) is 0 Å². The second-order valence-corrected chi connectivity index (χ2v) is 12.6. The van der Waals surface area contributed by atoms with Crippen LogP contribution >= 0.6 is 11.3 Å². The molecule has 1 aromatic heterocycles. The van der Waals surface area contributed by atoms with E-state index in [4.69, 9.17) is 14.5 Å². The molecule has 0 aliphatic carbocycles. The molecule has 11 nitrogen and oxygen atoms in total. The van der Waals surface area contributed by atoms with Gasteiger partial charge in [0.1, 0.15) is 11.5 Å². The van der Waals surface area contributed by atoms with Crippen molar-refractivity contribution in [3.8, 4) is 11.5 Å². The first-order valence-corrected chi connectivity index (χ1v) is 16.5. The minimum atomic E-state index is -0.839. The predicted molar refractivity (Wildman–Crippen MR) is 194 cm³/mol. The molecule has 252 valence electrons. The van der Waals surface area contributed by atoms with E-state index in [0.29, 0.717) is 43.2 Å². The Morgan fingerprint density at radius 2 is 1.69 bits per heavy atom. The molecule has 51 heavy (non-hydrogen) atoms. The molecule has 0 saturated carbocycles. The normalized spacial score (nSPS) is 14.1. The molecule has 1 aliphatic rings. The number of nitrogens with one attached hydrogen (secondary N) is 1. The third kappa shape index (κ3) is 6.43. The highest BCUT2D eigenvalue weighted by atomic mass is 32.1. The maximum absolute atomic E-state index is 14.5. The van der Waals surface area contributed by atoms with Crippen molar-refractivity contribution in [1.82, 2.24) is 4.57 Å². The van der Waals surface area contributed by atoms with E-state index >= 15 is 0 Å². The highest BCUT2D eigenvalue weighted by Crippen LogP contribution is 2.33. The maximum atomic E-state index is 14.5. The summed E-state index contributed by atoms with van der Waals surface area (Å²) >= 11 is 1.15. The van der Waals surface area contributed by atoms with Gasteiger partial charge in [-0.3, -0.25) is 24.3 Å². The number of ether oxygens (including phenoxy) is 2. The number of anilines is 1. The summed E-state index contributed by atoms with van der Waals surface area (Å²) in [4.78, 5) is 57.4. The number of hydrogen-bond donors (Lipinski definition) is 1. The summed E-state index contributed by atoms with van der Waals surface area (Å²) in [5.41, 5.74) is 2.04. The summed E-state index contributed by atoms with van der Waals surface area (Å²) in [5.74, 6) is -0.383. The van der Waals surface area contributed by atoms with Crippen LogP contribution in [0.5, 0.6) is 11.5 Å². The lowest BCUT2D eigenvalue weighted by Crippen LogP contribution is -2.40. The number of amides is 1. The summed E-state index contributed by atoms with van der Waals surface area (Å²) in [5, 5.41) is 15.6. The summed E-state index contributed by atoms with van der Waals surface area (Å²) in [6.07, 6.45) is 1.66. The Morgan fingerprint density at radius 3 is 2.43 bits per heavy atom. The molecule has 0 unspecified atom stereocenters. The minimum Gasteiger partial charge on any atom is -0.497 e. The molecule has 7 rings (SSSR count). The third-order valence-corrected chi connectivity index (χ3v) is 9.41. The second-order valence-electron chi connectivity index (χ2n) is 11.6. The Bertz CT molecular complexity index is 2580. The lowest BCUT2D eigenvalue weighted by molar-refractivity contribution is -0.384. The van der Waals surface area contributed by atoms with Crippen molar-refractivity contribution >= 4 is 51.4 Å². The van der Waals surface area contributed by atoms with Crippen molar-refractivity contribution in [2.45, 2.75) is 13.0 Å². The van der Waals surface area contributed by atoms with Crippen molar-refractivity contribution in [3.63, 3.8) is 0 Å². The number of thiazole rings is 1. The molecule has 0 saturated heterocycles. The Hall–Kier alpha value is -6.66. The van der Waals surface area contributed by atoms with Gasteiger partial charge in [0.25, 0.3) is 17.2 Å². The molecular weight excluding hydrogens is 669 g/mol. The number of benzene rings is 5. The number of carbonyl (C=O) groups excluding carboxylic acids is 2. The van der Waals surface area contributed by atoms with Gasteiger partial charge < -0.3 is 14.8 Å². The Balaban J connectivity index is 1.37. The van der Waals surface area contributed by atoms with E-state index in [0.717, 1.165) is 22.1 Å². The molecule has 1 atom stereocenters. The lowest BCUT2D eigenvalue weighted by atomic mass is 9.95. The van der Waals surface area contributed by atoms with Crippen molar-refractivity contribution in [2.24, 2.45) is 4.99 Å². The number of methoxy groups -OCH3 is 1. The summed E-state index contributed by atoms with van der Waals surface area (Å²) in [6.45, 7) is 1.74. The van der Waals surface area contributed by atoms with Gasteiger partial charge in [0.2, 0.25) is 0 Å². The Morgan fingerprint density at radius 1 is 0.941 bits per heavy atom. The molecular formula is C39H28N4O7S. The first kappa shape index (κ1) is 32.9. The number of carbonyl (C=O) groups is 2. The standard InChI is InChI=1S/C39H28N4O7S/c1-23-34(36(44)41-27-11-4-3-5-12-27)35(26-10-8-13-29(21-26)49-2)42-37(45)33(51-39(42)40-23)22-31-30-14-7-6-9-24(30)17-20-32(31)50-38(46)25-15-18-28(19-16-25)43(47)48/h3-22,35H,1-2H3,(H,41,44)/b33-22-/t35-/m1/s1. The monoisotopic (exact) mass is 696 g/mol. The molecule has 6 aromatic rings. The molecule has 0 radical (unpaired) electrons. The van der Waals surface area contributed by atoms with Crippen LogP contribution in [-0.2, 0) is 4.79 Å². The zero-order valence-corrected chi connectivity index (χ0v) is 28.0. The third-order valence-electron chi connectivity index (χ3n) is 8.43. The van der Waals surface area contributed by atoms with Crippen LogP contribution in [0, 0.1) is 10.1 Å². The van der Waals surface area contributed by atoms with Gasteiger partial charge in [-0.2, -0.15) is 0 Å². The average molecular weight is 697 g/mol. The van der Waals surface area contributed by atoms with Gasteiger partial charge in [-0.1, -0.05) is 72.0 Å². The largest absolute Gasteiger partial charge is 0.497 e. The number of non-ortho nitro benzene ring substituents is 1. The zero-order chi connectivity index (χ0) is 35.6. The number of allylic oxidation sites excluding steroid dienone is 1. The van der Waals surface area contributed by atoms with Crippen molar-refractivity contribution in [2.75, 3.05) is 12.4 Å². The van der Waals surface area contributed by atoms with E-state index in [9.17, 15) is 24.5 Å². The van der Waals surface area contributed by atoms with Crippen LogP contribution in [0.25, 0.3) is 16.8 Å². The molecule has 1 N–H and O–H groups in total. The van der Waals surface area contributed by atoms with Gasteiger partial charge in [0.05, 0.1) is 39.4 Å². The summed E-state index contributed by atoms with van der Waals surface area (Å²) in [7, 11) is 1.55. The molecule has 12 heteroatoms. The molecule has 0 fully saturated rings. The molecule has 0 bridgehead atoms. The Labute approximate surface area is 294 Å². The second kappa shape index (κ2) is 13.7. The van der Waals surface area contributed by atoms with Crippen LogP contribution < -0.4 is 29.7 Å². The van der Waals surface area contributed by atoms with Crippen LogP contribution in [-0.4, -0.2) is 28.5 Å². The van der Waals surface area contributed by atoms with Crippen molar-refractivity contribution in [3.05, 3.63) is 173 Å². The number of esters is 1. The molecule has 1 aliphatic heterocycles. The minimum absolute atomic E-state index is 0.120. The van der Waals surface area contributed by atoms with Gasteiger partial charge >= 0.3 is 5.97 Å². The smallest absolute Gasteiger partial charge is 0.343 e. The van der Waals surface area contributed by atoms with Crippen LogP contribution in [0.2, 0.25) is 0 Å². The highest BCUT2D eigenvalue weighted by Gasteiger charge is 2.33. The van der Waals surface area contributed by atoms with Crippen molar-refractivity contribution in [1.29, 1.82) is 0 Å². The molecule has 5 aromatic carbocycles. The molecule has 1 amide bonds. The van der Waals surface area contributed by atoms with E-state index < -0.39 is 28.4 Å². The summed E-state index contributed by atoms with van der Waals surface area (Å²) < 4.78 is 13.1. The topological polar surface area (TPSA) is 142 Å². The van der Waals surface area contributed by atoms with E-state index in [1.54, 1.807) is 62.6 Å². The van der Waals surface area contributed by atoms with Gasteiger partial charge in [-0.05, 0) is 71.8 Å². The number of para-hydroxylation sites is 1. The maximum Gasteiger partial charge on any atom is 0.343 e. The van der Waals surface area contributed by atoms with E-state index in [-0.39, 0.29) is 17.0 Å². The number of nitro benzene ring substituents is 1. The van der Waals surface area contributed by atoms with E-state index in [2.05, 4.69) is 5.32 Å². The number of fused-ring (bicyclic) bond motifs is 2. The fourth-order valence-electron chi connectivity index (χ4n) is 5.98. The zero-order valence-electron chi connectivity index (χ0n) is 27.2. The number of nitro groups is 1. The number of aromatic nitrogens is 1. The highest BCUT2D eigenvalue weighted by molar-refractivity contribution is 7.07. The van der Waals surface area contributed by atoms with Crippen LogP contribution in [0.15, 0.2) is 136 Å². The molecule has 0 spiro atoms. The fourth-order valence-corrected chi connectivity index (χ4v) is 7.01. The van der Waals surface area contributed by atoms with Gasteiger partial charge in [-0.25, -0.2) is 9.79 Å². The lowest BCUT2D eigenvalue weighted by Gasteiger charge is -2.25. The Kier molecular flexibility index (Phi) is 8.82. The van der Waals surface area contributed by atoms with Crippen LogP contribution in [0.1, 0.15) is 34.5 Å². The summed E-state index contributed by atoms with van der Waals surface area (Å²) in [6, 6.07) is 31.4. The first-order chi connectivity index (χ1) is 24.7. The quantitative estimate of drug-likeness (QED) is 0.0869. The van der Waals surface area contributed by atoms with E-state index in [1.807, 2.05) is 48.5 Å². The molecule has 2 heterocycles. The predicted octanol–water partition coefficient (Wildman–Crippen LogP) is 6.16. The van der Waals surface area contributed by atoms with Gasteiger partial charge in [0.15, 0.2) is 4.80 Å². The first-order valence-electron chi connectivity index (χ1n) is 15.7.